The average molecular weight is 468 g/mol. The van der Waals surface area contributed by atoms with Crippen LogP contribution in [0.2, 0.25) is 0 Å². The van der Waals surface area contributed by atoms with E-state index in [-0.39, 0.29) is 30.2 Å². The molecule has 0 fully saturated rings. The third-order valence-electron chi connectivity index (χ3n) is 4.82. The van der Waals surface area contributed by atoms with Gasteiger partial charge in [-0.3, -0.25) is 14.4 Å². The minimum absolute atomic E-state index is 0.125. The average Bonchev–Trinajstić information content (AvgIpc) is 2.77. The first-order valence-corrected chi connectivity index (χ1v) is 11.1. The summed E-state index contributed by atoms with van der Waals surface area (Å²) in [6.07, 6.45) is 0.0831. The van der Waals surface area contributed by atoms with Gasteiger partial charge < -0.3 is 25.1 Å². The van der Waals surface area contributed by atoms with Gasteiger partial charge in [-0.1, -0.05) is 12.1 Å². The van der Waals surface area contributed by atoms with Crippen LogP contribution >= 0.6 is 0 Å². The van der Waals surface area contributed by atoms with Crippen molar-refractivity contribution in [2.75, 3.05) is 19.6 Å². The summed E-state index contributed by atoms with van der Waals surface area (Å²) < 4.78 is 10.9. The van der Waals surface area contributed by atoms with E-state index in [0.29, 0.717) is 47.0 Å². The lowest BCUT2D eigenvalue weighted by Gasteiger charge is -2.19. The molecule has 3 rings (SSSR count). The first-order chi connectivity index (χ1) is 16.1. The van der Waals surface area contributed by atoms with E-state index in [4.69, 9.17) is 9.15 Å². The van der Waals surface area contributed by atoms with Crippen molar-refractivity contribution in [3.63, 3.8) is 0 Å². The summed E-state index contributed by atoms with van der Waals surface area (Å²) in [5.41, 5.74) is 0.497. The highest BCUT2D eigenvalue weighted by molar-refractivity contribution is 5.99. The zero-order valence-electron chi connectivity index (χ0n) is 19.5. The van der Waals surface area contributed by atoms with Gasteiger partial charge in [0.15, 0.2) is 0 Å². The molecule has 0 radical (unpaired) electrons. The molecule has 180 valence electrons. The molecule has 2 aromatic carbocycles. The summed E-state index contributed by atoms with van der Waals surface area (Å²) in [7, 11) is 0. The van der Waals surface area contributed by atoms with Gasteiger partial charge in [0.25, 0.3) is 5.91 Å². The SMILES string of the molecule is CC(C)(C)OC(=O)NCCC(=O)NCCCNC(=O)c1ccc2oc3ccccc3c(=O)c2c1. The molecule has 3 aromatic rings. The molecule has 9 heteroatoms. The Labute approximate surface area is 196 Å². The predicted molar refractivity (Wildman–Crippen MR) is 129 cm³/mol. The van der Waals surface area contributed by atoms with E-state index in [1.165, 1.54) is 6.07 Å². The summed E-state index contributed by atoms with van der Waals surface area (Å²) in [4.78, 5) is 48.6. The number of fused-ring (bicyclic) bond motifs is 2. The molecule has 1 heterocycles. The maximum Gasteiger partial charge on any atom is 0.407 e. The van der Waals surface area contributed by atoms with Crippen molar-refractivity contribution in [2.45, 2.75) is 39.2 Å². The molecule has 0 unspecified atom stereocenters. The van der Waals surface area contributed by atoms with Crippen LogP contribution in [0, 0.1) is 0 Å². The molecular formula is C25H29N3O6. The summed E-state index contributed by atoms with van der Waals surface area (Å²) in [5, 5.41) is 8.84. The van der Waals surface area contributed by atoms with Crippen molar-refractivity contribution in [3.05, 3.63) is 58.3 Å². The van der Waals surface area contributed by atoms with Crippen molar-refractivity contribution in [3.8, 4) is 0 Å². The number of para-hydroxylation sites is 1. The van der Waals surface area contributed by atoms with Crippen LogP contribution in [0.5, 0.6) is 0 Å². The van der Waals surface area contributed by atoms with Crippen LogP contribution in [-0.4, -0.2) is 43.1 Å². The molecule has 0 atom stereocenters. The van der Waals surface area contributed by atoms with Crippen molar-refractivity contribution >= 4 is 39.8 Å². The molecule has 0 spiro atoms. The van der Waals surface area contributed by atoms with Gasteiger partial charge in [0, 0.05) is 31.6 Å². The number of benzene rings is 2. The van der Waals surface area contributed by atoms with Crippen LogP contribution in [-0.2, 0) is 9.53 Å². The quantitative estimate of drug-likeness (QED) is 0.345. The molecule has 0 aliphatic rings. The van der Waals surface area contributed by atoms with Crippen LogP contribution in [0.1, 0.15) is 44.0 Å². The molecule has 0 aliphatic heterocycles. The predicted octanol–water partition coefficient (Wildman–Crippen LogP) is 3.10. The number of nitrogens with one attached hydrogen (secondary N) is 3. The lowest BCUT2D eigenvalue weighted by molar-refractivity contribution is -0.120. The third kappa shape index (κ3) is 6.81. The molecule has 0 saturated heterocycles. The third-order valence-corrected chi connectivity index (χ3v) is 4.82. The fourth-order valence-electron chi connectivity index (χ4n) is 3.25. The summed E-state index contributed by atoms with van der Waals surface area (Å²) in [5.74, 6) is -0.529. The Morgan fingerprint density at radius 3 is 2.35 bits per heavy atom. The number of hydrogen-bond donors (Lipinski definition) is 3. The number of carbonyl (C=O) groups is 3. The Hall–Kier alpha value is -3.88. The standard InChI is InChI=1S/C25H29N3O6/c1-25(2,3)34-24(32)28-14-11-21(29)26-12-6-13-27-23(31)16-9-10-20-18(15-16)22(30)17-7-4-5-8-19(17)33-20/h4-5,7-10,15H,6,11-14H2,1-3H3,(H,26,29)(H,27,31)(H,28,32). The molecule has 3 amide bonds. The first kappa shape index (κ1) is 24.8. The zero-order chi connectivity index (χ0) is 24.7. The van der Waals surface area contributed by atoms with E-state index in [2.05, 4.69) is 16.0 Å². The van der Waals surface area contributed by atoms with E-state index in [9.17, 15) is 19.2 Å². The minimum atomic E-state index is -0.593. The second kappa shape index (κ2) is 10.8. The van der Waals surface area contributed by atoms with Crippen LogP contribution in [0.3, 0.4) is 0 Å². The Bertz CT molecular complexity index is 1260. The van der Waals surface area contributed by atoms with Gasteiger partial charge in [-0.15, -0.1) is 0 Å². The molecule has 0 aliphatic carbocycles. The molecule has 9 nitrogen and oxygen atoms in total. The van der Waals surface area contributed by atoms with Crippen LogP contribution in [0.25, 0.3) is 21.9 Å². The smallest absolute Gasteiger partial charge is 0.407 e. The van der Waals surface area contributed by atoms with Crippen LogP contribution in [0.15, 0.2) is 51.7 Å². The molecule has 34 heavy (non-hydrogen) atoms. The summed E-state index contributed by atoms with van der Waals surface area (Å²) >= 11 is 0. The van der Waals surface area contributed by atoms with Crippen LogP contribution in [0.4, 0.5) is 4.79 Å². The maximum absolute atomic E-state index is 12.7. The molecule has 3 N–H and O–H groups in total. The molecule has 0 bridgehead atoms. The number of hydrogen-bond acceptors (Lipinski definition) is 6. The van der Waals surface area contributed by atoms with E-state index < -0.39 is 11.7 Å². The largest absolute Gasteiger partial charge is 0.456 e. The van der Waals surface area contributed by atoms with E-state index in [1.54, 1.807) is 57.2 Å². The maximum atomic E-state index is 12.7. The molecule has 0 saturated carbocycles. The minimum Gasteiger partial charge on any atom is -0.456 e. The Morgan fingerprint density at radius 1 is 0.882 bits per heavy atom. The number of amides is 3. The summed E-state index contributed by atoms with van der Waals surface area (Å²) in [6, 6.07) is 11.7. The first-order valence-electron chi connectivity index (χ1n) is 11.1. The second-order valence-corrected chi connectivity index (χ2v) is 8.78. The number of carbonyl (C=O) groups excluding carboxylic acids is 3. The van der Waals surface area contributed by atoms with Gasteiger partial charge in [0.2, 0.25) is 11.3 Å². The zero-order valence-corrected chi connectivity index (χ0v) is 19.5. The van der Waals surface area contributed by atoms with Gasteiger partial charge in [-0.05, 0) is 57.5 Å². The van der Waals surface area contributed by atoms with Gasteiger partial charge in [-0.2, -0.15) is 0 Å². The fraction of sp³-hybridized carbons (Fsp3) is 0.360. The highest BCUT2D eigenvalue weighted by atomic mass is 16.6. The van der Waals surface area contributed by atoms with E-state index in [0.717, 1.165) is 0 Å². The highest BCUT2D eigenvalue weighted by Crippen LogP contribution is 2.19. The monoisotopic (exact) mass is 467 g/mol. The Morgan fingerprint density at radius 2 is 1.59 bits per heavy atom. The lowest BCUT2D eigenvalue weighted by Crippen LogP contribution is -2.35. The van der Waals surface area contributed by atoms with Gasteiger partial charge in [-0.25, -0.2) is 4.79 Å². The van der Waals surface area contributed by atoms with Crippen molar-refractivity contribution < 1.29 is 23.5 Å². The molecule has 1 aromatic heterocycles. The Balaban J connectivity index is 1.41. The van der Waals surface area contributed by atoms with E-state index >= 15 is 0 Å². The molecular weight excluding hydrogens is 438 g/mol. The number of rotatable bonds is 8. The van der Waals surface area contributed by atoms with Crippen molar-refractivity contribution in [1.82, 2.24) is 16.0 Å². The number of alkyl carbamates (subject to hydrolysis) is 1. The van der Waals surface area contributed by atoms with Crippen molar-refractivity contribution in [1.29, 1.82) is 0 Å². The van der Waals surface area contributed by atoms with Gasteiger partial charge >= 0.3 is 6.09 Å². The lowest BCUT2D eigenvalue weighted by atomic mass is 10.1. The van der Waals surface area contributed by atoms with E-state index in [1.807, 2.05) is 0 Å². The normalized spacial score (nSPS) is 11.3. The van der Waals surface area contributed by atoms with Gasteiger partial charge in [0.1, 0.15) is 16.8 Å². The second-order valence-electron chi connectivity index (χ2n) is 8.78. The Kier molecular flexibility index (Phi) is 7.88. The van der Waals surface area contributed by atoms with Crippen molar-refractivity contribution in [2.24, 2.45) is 0 Å². The fourth-order valence-corrected chi connectivity index (χ4v) is 3.25. The highest BCUT2D eigenvalue weighted by Gasteiger charge is 2.16. The summed E-state index contributed by atoms with van der Waals surface area (Å²) in [6.45, 7) is 6.17. The van der Waals surface area contributed by atoms with Crippen LogP contribution < -0.4 is 21.4 Å². The topological polar surface area (TPSA) is 127 Å². The van der Waals surface area contributed by atoms with Gasteiger partial charge in [0.05, 0.1) is 10.8 Å². The number of ether oxygens (including phenoxy) is 1.